The standard InChI is InChI=1S/C14H23NO2/c1-5-16-12-8-6-7-9-13(12)17-14(3,4)10-11(2)15/h6-9,11H,5,10,15H2,1-4H3. The van der Waals surface area contributed by atoms with E-state index in [2.05, 4.69) is 0 Å². The van der Waals surface area contributed by atoms with Gasteiger partial charge in [-0.3, -0.25) is 0 Å². The topological polar surface area (TPSA) is 44.5 Å². The average molecular weight is 237 g/mol. The van der Waals surface area contributed by atoms with Gasteiger partial charge in [-0.25, -0.2) is 0 Å². The van der Waals surface area contributed by atoms with Crippen molar-refractivity contribution in [1.82, 2.24) is 0 Å². The molecule has 1 aromatic rings. The maximum absolute atomic E-state index is 5.99. The summed E-state index contributed by atoms with van der Waals surface area (Å²) in [6, 6.07) is 7.84. The molecule has 0 saturated heterocycles. The maximum Gasteiger partial charge on any atom is 0.161 e. The third-order valence-electron chi connectivity index (χ3n) is 2.35. The second-order valence-corrected chi connectivity index (χ2v) is 4.92. The summed E-state index contributed by atoms with van der Waals surface area (Å²) in [6.45, 7) is 8.66. The summed E-state index contributed by atoms with van der Waals surface area (Å²) >= 11 is 0. The maximum atomic E-state index is 5.99. The fourth-order valence-electron chi connectivity index (χ4n) is 1.92. The Morgan fingerprint density at radius 1 is 1.24 bits per heavy atom. The zero-order valence-corrected chi connectivity index (χ0v) is 11.2. The van der Waals surface area contributed by atoms with Crippen molar-refractivity contribution in [2.75, 3.05) is 6.61 Å². The van der Waals surface area contributed by atoms with Gasteiger partial charge in [0.05, 0.1) is 6.61 Å². The van der Waals surface area contributed by atoms with Gasteiger partial charge in [-0.1, -0.05) is 12.1 Å². The summed E-state index contributed by atoms with van der Waals surface area (Å²) in [7, 11) is 0. The highest BCUT2D eigenvalue weighted by Crippen LogP contribution is 2.31. The van der Waals surface area contributed by atoms with Crippen LogP contribution in [-0.4, -0.2) is 18.2 Å². The molecule has 1 atom stereocenters. The third-order valence-corrected chi connectivity index (χ3v) is 2.35. The van der Waals surface area contributed by atoms with E-state index in [-0.39, 0.29) is 11.6 Å². The first-order chi connectivity index (χ1) is 7.94. The molecular weight excluding hydrogens is 214 g/mol. The number of hydrogen-bond donors (Lipinski definition) is 1. The zero-order valence-electron chi connectivity index (χ0n) is 11.2. The van der Waals surface area contributed by atoms with E-state index in [4.69, 9.17) is 15.2 Å². The van der Waals surface area contributed by atoms with Crippen molar-refractivity contribution >= 4 is 0 Å². The Morgan fingerprint density at radius 3 is 2.35 bits per heavy atom. The van der Waals surface area contributed by atoms with E-state index >= 15 is 0 Å². The Balaban J connectivity index is 2.79. The van der Waals surface area contributed by atoms with Gasteiger partial charge in [-0.15, -0.1) is 0 Å². The molecule has 0 radical (unpaired) electrons. The highest BCUT2D eigenvalue weighted by atomic mass is 16.5. The van der Waals surface area contributed by atoms with Crippen LogP contribution in [0.15, 0.2) is 24.3 Å². The summed E-state index contributed by atoms with van der Waals surface area (Å²) in [5.74, 6) is 1.56. The Kier molecular flexibility index (Phi) is 4.82. The van der Waals surface area contributed by atoms with Gasteiger partial charge in [0, 0.05) is 12.5 Å². The largest absolute Gasteiger partial charge is 0.490 e. The van der Waals surface area contributed by atoms with Crippen LogP contribution in [-0.2, 0) is 0 Å². The van der Waals surface area contributed by atoms with E-state index in [1.165, 1.54) is 0 Å². The average Bonchev–Trinajstić information content (AvgIpc) is 2.18. The van der Waals surface area contributed by atoms with Crippen LogP contribution in [0.1, 0.15) is 34.1 Å². The smallest absolute Gasteiger partial charge is 0.161 e. The summed E-state index contributed by atoms with van der Waals surface area (Å²) in [5.41, 5.74) is 5.53. The van der Waals surface area contributed by atoms with E-state index in [0.717, 1.165) is 17.9 Å². The molecule has 0 aliphatic carbocycles. The molecule has 2 N–H and O–H groups in total. The minimum absolute atomic E-state index is 0.115. The zero-order chi connectivity index (χ0) is 12.9. The molecular formula is C14H23NO2. The van der Waals surface area contributed by atoms with Gasteiger partial charge in [-0.05, 0) is 39.8 Å². The molecule has 0 heterocycles. The number of benzene rings is 1. The summed E-state index contributed by atoms with van der Waals surface area (Å²) < 4.78 is 11.5. The Hall–Kier alpha value is -1.22. The molecule has 0 saturated carbocycles. The third kappa shape index (κ3) is 4.65. The van der Waals surface area contributed by atoms with Gasteiger partial charge in [0.1, 0.15) is 5.60 Å². The molecule has 1 unspecified atom stereocenters. The molecule has 3 heteroatoms. The van der Waals surface area contributed by atoms with E-state index in [0.29, 0.717) is 6.61 Å². The van der Waals surface area contributed by atoms with Crippen molar-refractivity contribution in [3.8, 4) is 11.5 Å². The fraction of sp³-hybridized carbons (Fsp3) is 0.571. The van der Waals surface area contributed by atoms with Crippen molar-refractivity contribution in [3.63, 3.8) is 0 Å². The second kappa shape index (κ2) is 5.92. The molecule has 0 aliphatic heterocycles. The van der Waals surface area contributed by atoms with Crippen LogP contribution in [0, 0.1) is 0 Å². The molecule has 17 heavy (non-hydrogen) atoms. The van der Waals surface area contributed by atoms with Gasteiger partial charge in [-0.2, -0.15) is 0 Å². The van der Waals surface area contributed by atoms with Crippen molar-refractivity contribution in [1.29, 1.82) is 0 Å². The monoisotopic (exact) mass is 237 g/mol. The number of ether oxygens (including phenoxy) is 2. The van der Waals surface area contributed by atoms with Gasteiger partial charge < -0.3 is 15.2 Å². The number of rotatable bonds is 6. The summed E-state index contributed by atoms with van der Waals surface area (Å²) in [6.07, 6.45) is 0.799. The Labute approximate surface area is 104 Å². The van der Waals surface area contributed by atoms with Crippen LogP contribution in [0.3, 0.4) is 0 Å². The normalized spacial score (nSPS) is 13.2. The molecule has 0 amide bonds. The molecule has 0 spiro atoms. The van der Waals surface area contributed by atoms with Crippen LogP contribution in [0.2, 0.25) is 0 Å². The fourth-order valence-corrected chi connectivity index (χ4v) is 1.92. The Bertz CT molecular complexity index is 348. The predicted molar refractivity (Wildman–Crippen MR) is 70.6 cm³/mol. The predicted octanol–water partition coefficient (Wildman–Crippen LogP) is 2.98. The van der Waals surface area contributed by atoms with Crippen LogP contribution in [0.5, 0.6) is 11.5 Å². The molecule has 0 aliphatic rings. The molecule has 1 aromatic carbocycles. The minimum atomic E-state index is -0.290. The lowest BCUT2D eigenvalue weighted by atomic mass is 10.0. The van der Waals surface area contributed by atoms with Crippen molar-refractivity contribution in [2.45, 2.75) is 45.8 Å². The number of para-hydroxylation sites is 2. The minimum Gasteiger partial charge on any atom is -0.490 e. The van der Waals surface area contributed by atoms with Crippen molar-refractivity contribution in [3.05, 3.63) is 24.3 Å². The van der Waals surface area contributed by atoms with Crippen molar-refractivity contribution in [2.24, 2.45) is 5.73 Å². The lowest BCUT2D eigenvalue weighted by molar-refractivity contribution is 0.0884. The van der Waals surface area contributed by atoms with E-state index in [1.807, 2.05) is 52.0 Å². The SMILES string of the molecule is CCOc1ccccc1OC(C)(C)CC(C)N. The highest BCUT2D eigenvalue weighted by Gasteiger charge is 2.23. The number of nitrogens with two attached hydrogens (primary N) is 1. The van der Waals surface area contributed by atoms with Crippen LogP contribution < -0.4 is 15.2 Å². The molecule has 1 rings (SSSR count). The highest BCUT2D eigenvalue weighted by molar-refractivity contribution is 5.39. The first-order valence-electron chi connectivity index (χ1n) is 6.11. The lowest BCUT2D eigenvalue weighted by Gasteiger charge is -2.29. The molecule has 3 nitrogen and oxygen atoms in total. The molecule has 0 aromatic heterocycles. The first kappa shape index (κ1) is 13.8. The van der Waals surface area contributed by atoms with Gasteiger partial charge in [0.25, 0.3) is 0 Å². The summed E-state index contributed by atoms with van der Waals surface area (Å²) in [5, 5.41) is 0. The van der Waals surface area contributed by atoms with Gasteiger partial charge >= 0.3 is 0 Å². The van der Waals surface area contributed by atoms with E-state index < -0.39 is 0 Å². The van der Waals surface area contributed by atoms with Crippen LogP contribution >= 0.6 is 0 Å². The van der Waals surface area contributed by atoms with Crippen molar-refractivity contribution < 1.29 is 9.47 Å². The quantitative estimate of drug-likeness (QED) is 0.827. The molecule has 0 fully saturated rings. The van der Waals surface area contributed by atoms with E-state index in [1.54, 1.807) is 0 Å². The first-order valence-corrected chi connectivity index (χ1v) is 6.11. The molecule has 0 bridgehead atoms. The Morgan fingerprint density at radius 2 is 1.82 bits per heavy atom. The second-order valence-electron chi connectivity index (χ2n) is 4.92. The number of hydrogen-bond acceptors (Lipinski definition) is 3. The van der Waals surface area contributed by atoms with Crippen LogP contribution in [0.4, 0.5) is 0 Å². The van der Waals surface area contributed by atoms with Gasteiger partial charge in [0.15, 0.2) is 11.5 Å². The lowest BCUT2D eigenvalue weighted by Crippen LogP contribution is -2.35. The summed E-state index contributed by atoms with van der Waals surface area (Å²) in [4.78, 5) is 0. The molecule has 96 valence electrons. The van der Waals surface area contributed by atoms with E-state index in [9.17, 15) is 0 Å². The van der Waals surface area contributed by atoms with Gasteiger partial charge in [0.2, 0.25) is 0 Å². The van der Waals surface area contributed by atoms with Crippen LogP contribution in [0.25, 0.3) is 0 Å².